The highest BCUT2D eigenvalue weighted by atomic mass is 32.3. The molecule has 0 saturated carbocycles. The van der Waals surface area contributed by atoms with Gasteiger partial charge in [0, 0.05) is 10.2 Å². The van der Waals surface area contributed by atoms with Gasteiger partial charge in [-0.2, -0.15) is 8.42 Å². The maximum Gasteiger partial charge on any atom is 0.394 e. The summed E-state index contributed by atoms with van der Waals surface area (Å²) in [6.45, 7) is 2.30. The molecular formula is C18H42O4SSi. The van der Waals surface area contributed by atoms with Crippen molar-refractivity contribution in [1.29, 1.82) is 0 Å². The van der Waals surface area contributed by atoms with E-state index in [0.29, 0.717) is 0 Å². The fourth-order valence-corrected chi connectivity index (χ4v) is 3.30. The minimum atomic E-state index is -4.67. The molecule has 0 fully saturated rings. The highest BCUT2D eigenvalue weighted by Gasteiger charge is 1.94. The Morgan fingerprint density at radius 2 is 0.792 bits per heavy atom. The molecule has 6 heteroatoms. The first-order chi connectivity index (χ1) is 11.4. The predicted molar refractivity (Wildman–Crippen MR) is 108 cm³/mol. The van der Waals surface area contributed by atoms with Crippen LogP contribution >= 0.6 is 0 Å². The Labute approximate surface area is 154 Å². The standard InChI is InChI=1S/C18H40Si.H2O4S/c1-2-3-4-5-6-7-8-9-10-11-12-13-14-15-16-17-18-19;1-5(2,3)4/h2-18H2,1,19H3;(H2,1,2,3,4). The van der Waals surface area contributed by atoms with Gasteiger partial charge in [0.1, 0.15) is 0 Å². The van der Waals surface area contributed by atoms with Gasteiger partial charge >= 0.3 is 10.4 Å². The molecule has 0 bridgehead atoms. The zero-order valence-electron chi connectivity index (χ0n) is 16.1. The molecule has 0 rings (SSSR count). The van der Waals surface area contributed by atoms with E-state index in [-0.39, 0.29) is 0 Å². The first kappa shape index (κ1) is 26.3. The Morgan fingerprint density at radius 1 is 0.583 bits per heavy atom. The van der Waals surface area contributed by atoms with E-state index in [0.717, 1.165) is 0 Å². The smallest absolute Gasteiger partial charge is 0.264 e. The molecule has 0 aromatic carbocycles. The summed E-state index contributed by atoms with van der Waals surface area (Å²) >= 11 is 0. The third-order valence-electron chi connectivity index (χ3n) is 4.21. The summed E-state index contributed by atoms with van der Waals surface area (Å²) in [7, 11) is -3.26. The van der Waals surface area contributed by atoms with Crippen LogP contribution in [0.3, 0.4) is 0 Å². The SMILES string of the molecule is CCCCCCCCCCCCCCCCCC[SiH3].O=S(=O)(O)O. The lowest BCUT2D eigenvalue weighted by molar-refractivity contribution is 0.381. The van der Waals surface area contributed by atoms with Crippen LogP contribution in [0.25, 0.3) is 0 Å². The van der Waals surface area contributed by atoms with E-state index >= 15 is 0 Å². The van der Waals surface area contributed by atoms with Gasteiger partial charge in [-0.25, -0.2) is 0 Å². The van der Waals surface area contributed by atoms with Crippen LogP contribution in [-0.4, -0.2) is 27.8 Å². The van der Waals surface area contributed by atoms with Crippen LogP contribution in [0, 0.1) is 0 Å². The minimum absolute atomic E-state index is 1.38. The normalized spacial score (nSPS) is 11.3. The molecule has 0 atom stereocenters. The summed E-state index contributed by atoms with van der Waals surface area (Å²) in [5.41, 5.74) is 0. The van der Waals surface area contributed by atoms with Crippen molar-refractivity contribution in [2.75, 3.05) is 0 Å². The summed E-state index contributed by atoms with van der Waals surface area (Å²) in [5.74, 6) is 0. The van der Waals surface area contributed by atoms with Crippen molar-refractivity contribution in [1.82, 2.24) is 0 Å². The molecule has 0 spiro atoms. The van der Waals surface area contributed by atoms with Gasteiger partial charge < -0.3 is 0 Å². The van der Waals surface area contributed by atoms with E-state index in [2.05, 4.69) is 6.92 Å². The van der Waals surface area contributed by atoms with Gasteiger partial charge in [-0.3, -0.25) is 9.11 Å². The third-order valence-corrected chi connectivity index (χ3v) is 4.91. The molecule has 0 heterocycles. The maximum atomic E-state index is 8.74. The molecule has 0 aliphatic carbocycles. The first-order valence-electron chi connectivity index (χ1n) is 10.1. The second kappa shape index (κ2) is 21.1. The fraction of sp³-hybridized carbons (Fsp3) is 1.00. The van der Waals surface area contributed by atoms with Crippen LogP contribution in [0.15, 0.2) is 0 Å². The van der Waals surface area contributed by atoms with Crippen LogP contribution in [0.1, 0.15) is 110 Å². The van der Waals surface area contributed by atoms with Crippen molar-refractivity contribution >= 4 is 20.6 Å². The summed E-state index contributed by atoms with van der Waals surface area (Å²) in [4.78, 5) is 0. The summed E-state index contributed by atoms with van der Waals surface area (Å²) in [6.07, 6.45) is 23.7. The largest absolute Gasteiger partial charge is 0.394 e. The molecule has 24 heavy (non-hydrogen) atoms. The van der Waals surface area contributed by atoms with Crippen LogP contribution in [0.5, 0.6) is 0 Å². The van der Waals surface area contributed by atoms with Crippen LogP contribution < -0.4 is 0 Å². The third kappa shape index (κ3) is 38.0. The molecule has 148 valence electrons. The van der Waals surface area contributed by atoms with E-state index < -0.39 is 10.4 Å². The zero-order chi connectivity index (χ0) is 18.5. The maximum absolute atomic E-state index is 8.74. The van der Waals surface area contributed by atoms with E-state index in [9.17, 15) is 0 Å². The number of unbranched alkanes of at least 4 members (excludes halogenated alkanes) is 15. The van der Waals surface area contributed by atoms with Crippen LogP contribution in [0.2, 0.25) is 6.04 Å². The van der Waals surface area contributed by atoms with Gasteiger partial charge in [-0.05, 0) is 0 Å². The van der Waals surface area contributed by atoms with Crippen LogP contribution in [-0.2, 0) is 10.4 Å². The van der Waals surface area contributed by atoms with Gasteiger partial charge in [-0.1, -0.05) is 116 Å². The summed E-state index contributed by atoms with van der Waals surface area (Å²) < 4.78 is 31.6. The highest BCUT2D eigenvalue weighted by Crippen LogP contribution is 2.13. The second-order valence-corrected chi connectivity index (χ2v) is 8.65. The molecule has 0 unspecified atom stereocenters. The van der Waals surface area contributed by atoms with Crippen molar-refractivity contribution in [3.05, 3.63) is 0 Å². The minimum Gasteiger partial charge on any atom is -0.264 e. The first-order valence-corrected chi connectivity index (χ1v) is 12.9. The van der Waals surface area contributed by atoms with Crippen molar-refractivity contribution in [2.45, 2.75) is 116 Å². The van der Waals surface area contributed by atoms with E-state index in [1.54, 1.807) is 0 Å². The highest BCUT2D eigenvalue weighted by molar-refractivity contribution is 7.79. The number of hydrogen-bond acceptors (Lipinski definition) is 2. The zero-order valence-corrected chi connectivity index (χ0v) is 19.0. The molecule has 0 aromatic heterocycles. The van der Waals surface area contributed by atoms with Crippen LogP contribution in [0.4, 0.5) is 0 Å². The van der Waals surface area contributed by atoms with Crippen molar-refractivity contribution < 1.29 is 17.5 Å². The molecule has 4 nitrogen and oxygen atoms in total. The quantitative estimate of drug-likeness (QED) is 0.213. The lowest BCUT2D eigenvalue weighted by Gasteiger charge is -2.03. The van der Waals surface area contributed by atoms with Gasteiger partial charge in [0.05, 0.1) is 0 Å². The molecule has 0 aliphatic rings. The fourth-order valence-electron chi connectivity index (χ4n) is 2.80. The molecule has 2 N–H and O–H groups in total. The average Bonchev–Trinajstić information content (AvgIpc) is 2.49. The number of rotatable bonds is 16. The van der Waals surface area contributed by atoms with Crippen molar-refractivity contribution in [3.63, 3.8) is 0 Å². The van der Waals surface area contributed by atoms with Gasteiger partial charge in [-0.15, -0.1) is 0 Å². The van der Waals surface area contributed by atoms with Gasteiger partial charge in [0.25, 0.3) is 0 Å². The molecular weight excluding hydrogens is 340 g/mol. The van der Waals surface area contributed by atoms with Gasteiger partial charge in [0.2, 0.25) is 0 Å². The Balaban J connectivity index is 0. The molecule has 0 aliphatic heterocycles. The summed E-state index contributed by atoms with van der Waals surface area (Å²) in [5, 5.41) is 0. The van der Waals surface area contributed by atoms with E-state index in [4.69, 9.17) is 17.5 Å². The predicted octanol–water partition coefficient (Wildman–Crippen LogP) is 5.38. The Kier molecular flexibility index (Phi) is 23.2. The molecule has 0 amide bonds. The van der Waals surface area contributed by atoms with E-state index in [1.807, 2.05) is 0 Å². The Hall–Kier alpha value is 0.0869. The lowest BCUT2D eigenvalue weighted by Crippen LogP contribution is -1.89. The molecule has 0 radical (unpaired) electrons. The molecule has 0 saturated heterocycles. The number of hydrogen-bond donors (Lipinski definition) is 2. The Bertz CT molecular complexity index is 297. The van der Waals surface area contributed by atoms with E-state index in [1.165, 1.54) is 119 Å². The lowest BCUT2D eigenvalue weighted by atomic mass is 10.0. The van der Waals surface area contributed by atoms with Gasteiger partial charge in [0.15, 0.2) is 0 Å². The summed E-state index contributed by atoms with van der Waals surface area (Å²) in [6, 6.07) is 1.51. The van der Waals surface area contributed by atoms with Crippen molar-refractivity contribution in [3.8, 4) is 0 Å². The topological polar surface area (TPSA) is 74.6 Å². The van der Waals surface area contributed by atoms with Crippen molar-refractivity contribution in [2.24, 2.45) is 0 Å². The monoisotopic (exact) mass is 382 g/mol. The average molecular weight is 383 g/mol. The molecule has 0 aromatic rings. The second-order valence-electron chi connectivity index (χ2n) is 6.75. The Morgan fingerprint density at radius 3 is 1.00 bits per heavy atom.